The van der Waals surface area contributed by atoms with E-state index in [2.05, 4.69) is 118 Å². The minimum absolute atomic E-state index is 0. The molecule has 0 aliphatic rings. The molecule has 0 amide bonds. The first-order valence-corrected chi connectivity index (χ1v) is 16.2. The van der Waals surface area contributed by atoms with Crippen molar-refractivity contribution in [3.8, 4) is 0 Å². The van der Waals surface area contributed by atoms with Gasteiger partial charge in [0.05, 0.1) is 0 Å². The van der Waals surface area contributed by atoms with Crippen molar-refractivity contribution in [2.75, 3.05) is 14.1 Å². The van der Waals surface area contributed by atoms with E-state index in [1.165, 1.54) is 21.5 Å². The van der Waals surface area contributed by atoms with Crippen molar-refractivity contribution >= 4 is 37.1 Å². The van der Waals surface area contributed by atoms with Gasteiger partial charge in [-0.1, -0.05) is 87.2 Å². The molecule has 0 N–H and O–H groups in total. The summed E-state index contributed by atoms with van der Waals surface area (Å²) in [5.74, 6) is 0. The van der Waals surface area contributed by atoms with Crippen LogP contribution < -0.4 is 21.1 Å². The van der Waals surface area contributed by atoms with Crippen LogP contribution in [-0.2, 0) is 17.1 Å². The van der Waals surface area contributed by atoms with E-state index in [0.717, 1.165) is 0 Å². The van der Waals surface area contributed by atoms with Crippen molar-refractivity contribution < 1.29 is 17.1 Å². The van der Waals surface area contributed by atoms with Gasteiger partial charge in [0, 0.05) is 25.1 Å². The maximum Gasteiger partial charge on any atom is 0.00395 e. The molecule has 33 heavy (non-hydrogen) atoms. The van der Waals surface area contributed by atoms with E-state index < -0.39 is 16.0 Å². The minimum atomic E-state index is -1.38. The molecule has 1 nitrogen and oxygen atoms in total. The molecule has 0 heterocycles. The Kier molecular flexibility index (Phi) is 10.5. The third-order valence-corrected chi connectivity index (χ3v) is 10.3. The van der Waals surface area contributed by atoms with Crippen LogP contribution in [0.3, 0.4) is 0 Å². The van der Waals surface area contributed by atoms with Crippen LogP contribution in [0, 0.1) is 0 Å². The SMILES string of the molecule is CC([c-]1cc([Si](C)(C)C)cc1P(c1ccccc1)c1ccccc1)N(C)C.[Fe].[cH-]1[cH-][cH-][cH-][cH-]1. The Morgan fingerprint density at radius 3 is 1.58 bits per heavy atom. The largest absolute Gasteiger partial charge is 0.748 e. The number of benzene rings is 2. The zero-order valence-electron chi connectivity index (χ0n) is 20.6. The van der Waals surface area contributed by atoms with Gasteiger partial charge in [-0.15, -0.1) is 10.9 Å². The molecule has 0 spiro atoms. The van der Waals surface area contributed by atoms with Crippen molar-refractivity contribution in [2.24, 2.45) is 0 Å². The van der Waals surface area contributed by atoms with Gasteiger partial charge in [0.2, 0.25) is 0 Å². The fourth-order valence-corrected chi connectivity index (χ4v) is 7.52. The fraction of sp³-hybridized carbons (Fsp3) is 0.241. The zero-order valence-corrected chi connectivity index (χ0v) is 23.6. The monoisotopic (exact) mass is 513 g/mol. The van der Waals surface area contributed by atoms with Crippen LogP contribution in [0.25, 0.3) is 0 Å². The molecule has 0 saturated heterocycles. The predicted molar refractivity (Wildman–Crippen MR) is 148 cm³/mol. The molecule has 0 aliphatic carbocycles. The maximum absolute atomic E-state index is 2.53. The van der Waals surface area contributed by atoms with Crippen LogP contribution in [0.4, 0.5) is 0 Å². The Morgan fingerprint density at radius 2 is 1.21 bits per heavy atom. The summed E-state index contributed by atoms with van der Waals surface area (Å²) in [6.45, 7) is 9.67. The van der Waals surface area contributed by atoms with E-state index >= 15 is 0 Å². The Labute approximate surface area is 213 Å². The van der Waals surface area contributed by atoms with Crippen LogP contribution in [-0.4, -0.2) is 27.1 Å². The van der Waals surface area contributed by atoms with Gasteiger partial charge in [-0.25, -0.2) is 11.3 Å². The summed E-state index contributed by atoms with van der Waals surface area (Å²) in [6.07, 6.45) is 0. The first-order valence-electron chi connectivity index (χ1n) is 11.3. The average Bonchev–Trinajstić information content (AvgIpc) is 3.49. The van der Waals surface area contributed by atoms with E-state index in [1.807, 2.05) is 30.3 Å². The molecule has 4 aromatic carbocycles. The van der Waals surface area contributed by atoms with Gasteiger partial charge in [-0.05, 0) is 38.7 Å². The number of nitrogens with zero attached hydrogens (tertiary/aromatic N) is 1. The summed E-state index contributed by atoms with van der Waals surface area (Å²) < 4.78 is 0. The molecule has 0 saturated carbocycles. The molecule has 4 rings (SSSR count). The third kappa shape index (κ3) is 7.37. The van der Waals surface area contributed by atoms with Gasteiger partial charge < -0.3 is 35.2 Å². The van der Waals surface area contributed by atoms with E-state index in [-0.39, 0.29) is 17.1 Å². The van der Waals surface area contributed by atoms with Crippen LogP contribution >= 0.6 is 7.92 Å². The van der Waals surface area contributed by atoms with Gasteiger partial charge in [0.25, 0.3) is 0 Å². The molecule has 0 aromatic heterocycles. The van der Waals surface area contributed by atoms with Gasteiger partial charge in [0.15, 0.2) is 0 Å². The smallest absolute Gasteiger partial charge is 0.00395 e. The summed E-state index contributed by atoms with van der Waals surface area (Å²) in [5, 5.41) is 5.96. The molecule has 0 radical (unpaired) electrons. The fourth-order valence-electron chi connectivity index (χ4n) is 3.66. The van der Waals surface area contributed by atoms with Crippen molar-refractivity contribution in [2.45, 2.75) is 32.6 Å². The maximum atomic E-state index is 2.53. The normalized spacial score (nSPS) is 12.1. The second-order valence-corrected chi connectivity index (χ2v) is 16.7. The Morgan fingerprint density at radius 1 is 0.788 bits per heavy atom. The van der Waals surface area contributed by atoms with Gasteiger partial charge in [-0.2, -0.15) is 6.07 Å². The molecule has 0 aliphatic heterocycles. The molecule has 4 aromatic rings. The number of rotatable bonds is 6. The number of hydrogen-bond donors (Lipinski definition) is 0. The summed E-state index contributed by atoms with van der Waals surface area (Å²) >= 11 is 0. The molecule has 4 heteroatoms. The van der Waals surface area contributed by atoms with Crippen LogP contribution in [0.15, 0.2) is 103 Å². The molecule has 1 atom stereocenters. The average molecular weight is 514 g/mol. The summed E-state index contributed by atoms with van der Waals surface area (Å²) in [5.41, 5.74) is 1.50. The molecular weight excluding hydrogens is 477 g/mol. The quantitative estimate of drug-likeness (QED) is 0.181. The van der Waals surface area contributed by atoms with Gasteiger partial charge in [0.1, 0.15) is 0 Å². The summed E-state index contributed by atoms with van der Waals surface area (Å²) in [7, 11) is 2.43. The van der Waals surface area contributed by atoms with Crippen molar-refractivity contribution in [3.05, 3.63) is 109 Å². The van der Waals surface area contributed by atoms with Crippen LogP contribution in [0.2, 0.25) is 19.6 Å². The van der Waals surface area contributed by atoms with Crippen molar-refractivity contribution in [1.82, 2.24) is 4.90 Å². The number of hydrogen-bond acceptors (Lipinski definition) is 1. The van der Waals surface area contributed by atoms with E-state index in [0.29, 0.717) is 6.04 Å². The molecular formula is C29H36FeNPSi-6. The van der Waals surface area contributed by atoms with Crippen molar-refractivity contribution in [3.63, 3.8) is 0 Å². The standard InChI is InChI=1S/C24H31NPSi.C5H5.Fe/c1-19(25(2)3)23-17-22(27(4,5)6)18-24(23)26(20-13-9-7-10-14-20)21-15-11-8-12-16-21;1-2-4-5-3-1;/h7-19H,1-6H3;1-5H;/q-1;-5;. The Balaban J connectivity index is 0.000000568. The van der Waals surface area contributed by atoms with Gasteiger partial charge in [-0.3, -0.25) is 0 Å². The van der Waals surface area contributed by atoms with E-state index in [4.69, 9.17) is 0 Å². The topological polar surface area (TPSA) is 3.24 Å². The minimum Gasteiger partial charge on any atom is -0.748 e. The molecule has 0 fully saturated rings. The summed E-state index contributed by atoms with van der Waals surface area (Å²) in [6, 6.07) is 37.5. The molecule has 0 bridgehead atoms. The second-order valence-electron chi connectivity index (χ2n) is 9.44. The van der Waals surface area contributed by atoms with Crippen molar-refractivity contribution in [1.29, 1.82) is 0 Å². The van der Waals surface area contributed by atoms with Crippen LogP contribution in [0.5, 0.6) is 0 Å². The molecule has 1 unspecified atom stereocenters. The zero-order chi connectivity index (χ0) is 23.1. The Hall–Kier alpha value is -1.73. The summed E-state index contributed by atoms with van der Waals surface area (Å²) in [4.78, 5) is 2.33. The predicted octanol–water partition coefficient (Wildman–Crippen LogP) is 5.73. The van der Waals surface area contributed by atoms with Crippen LogP contribution in [0.1, 0.15) is 18.5 Å². The van der Waals surface area contributed by atoms with Gasteiger partial charge >= 0.3 is 0 Å². The molecule has 180 valence electrons. The van der Waals surface area contributed by atoms with E-state index in [1.54, 1.807) is 5.19 Å². The Bertz CT molecular complexity index is 993. The third-order valence-electron chi connectivity index (χ3n) is 5.81. The second kappa shape index (κ2) is 12.7. The van der Waals surface area contributed by atoms with E-state index in [9.17, 15) is 0 Å². The first-order chi connectivity index (χ1) is 15.3. The first kappa shape index (κ1) is 27.5.